The van der Waals surface area contributed by atoms with Gasteiger partial charge in [0, 0.05) is 41.4 Å². The third-order valence-electron chi connectivity index (χ3n) is 5.15. The van der Waals surface area contributed by atoms with Crippen LogP contribution in [0.4, 0.5) is 14.6 Å². The lowest BCUT2D eigenvalue weighted by atomic mass is 9.94. The minimum absolute atomic E-state index is 0.0503. The minimum Gasteiger partial charge on any atom is -0.354 e. The Balaban J connectivity index is 1.67. The number of aromatic nitrogens is 5. The number of piperidine rings is 1. The SMILES string of the molecule is CC1CCN(c2cc(-c3cnc4ccc(C(F)F)nn34)ncn2)CC1N=S(C)(C)=O. The second kappa shape index (κ2) is 7.86. The molecule has 0 amide bonds. The monoisotopic (exact) mass is 435 g/mol. The first-order chi connectivity index (χ1) is 14.2. The minimum atomic E-state index is -2.67. The fourth-order valence-corrected chi connectivity index (χ4v) is 4.49. The summed E-state index contributed by atoms with van der Waals surface area (Å²) in [4.78, 5) is 15.0. The number of alkyl halides is 2. The van der Waals surface area contributed by atoms with Gasteiger partial charge in [0.25, 0.3) is 6.43 Å². The van der Waals surface area contributed by atoms with E-state index >= 15 is 0 Å². The Hall–Kier alpha value is -2.69. The third-order valence-corrected chi connectivity index (χ3v) is 5.93. The second-order valence-electron chi connectivity index (χ2n) is 7.80. The van der Waals surface area contributed by atoms with Gasteiger partial charge in [0.2, 0.25) is 0 Å². The largest absolute Gasteiger partial charge is 0.354 e. The molecular formula is C19H23F2N7OS. The fourth-order valence-electron chi connectivity index (χ4n) is 3.56. The molecule has 0 N–H and O–H groups in total. The van der Waals surface area contributed by atoms with E-state index in [1.165, 1.54) is 23.0 Å². The van der Waals surface area contributed by atoms with Crippen LogP contribution in [0.2, 0.25) is 0 Å². The predicted molar refractivity (Wildman–Crippen MR) is 111 cm³/mol. The van der Waals surface area contributed by atoms with E-state index in [9.17, 15) is 13.0 Å². The third kappa shape index (κ3) is 4.25. The maximum Gasteiger partial charge on any atom is 0.282 e. The Morgan fingerprint density at radius 3 is 2.77 bits per heavy atom. The average Bonchev–Trinajstić information content (AvgIpc) is 3.12. The zero-order valence-electron chi connectivity index (χ0n) is 16.9. The van der Waals surface area contributed by atoms with Crippen LogP contribution >= 0.6 is 0 Å². The van der Waals surface area contributed by atoms with Gasteiger partial charge in [-0.25, -0.2) is 32.6 Å². The molecule has 1 aliphatic rings. The normalized spacial score (nSPS) is 20.1. The predicted octanol–water partition coefficient (Wildman–Crippen LogP) is 3.07. The maximum absolute atomic E-state index is 13.1. The number of hydrogen-bond acceptors (Lipinski definition) is 7. The van der Waals surface area contributed by atoms with Crippen LogP contribution in [0.15, 0.2) is 35.1 Å². The summed E-state index contributed by atoms with van der Waals surface area (Å²) in [6.45, 7) is 3.52. The van der Waals surface area contributed by atoms with E-state index < -0.39 is 16.2 Å². The molecule has 30 heavy (non-hydrogen) atoms. The molecule has 0 bridgehead atoms. The Labute approximate surface area is 173 Å². The van der Waals surface area contributed by atoms with Gasteiger partial charge in [-0.3, -0.25) is 4.21 Å². The summed E-state index contributed by atoms with van der Waals surface area (Å²) in [6, 6.07) is 4.51. The number of halogens is 2. The van der Waals surface area contributed by atoms with Crippen LogP contribution in [0.1, 0.15) is 25.5 Å². The topological polar surface area (TPSA) is 88.6 Å². The van der Waals surface area contributed by atoms with E-state index in [-0.39, 0.29) is 11.7 Å². The van der Waals surface area contributed by atoms with Crippen molar-refractivity contribution in [2.75, 3.05) is 30.5 Å². The van der Waals surface area contributed by atoms with Crippen molar-refractivity contribution < 1.29 is 13.0 Å². The van der Waals surface area contributed by atoms with Gasteiger partial charge in [-0.2, -0.15) is 5.10 Å². The van der Waals surface area contributed by atoms with Gasteiger partial charge >= 0.3 is 0 Å². The first-order valence-corrected chi connectivity index (χ1v) is 11.9. The molecule has 1 saturated heterocycles. The summed E-state index contributed by atoms with van der Waals surface area (Å²) in [7, 11) is -2.21. The number of imidazole rings is 1. The molecule has 0 saturated carbocycles. The second-order valence-corrected chi connectivity index (χ2v) is 10.4. The molecule has 11 heteroatoms. The van der Waals surface area contributed by atoms with E-state index in [0.717, 1.165) is 13.0 Å². The highest BCUT2D eigenvalue weighted by molar-refractivity contribution is 7.92. The summed E-state index contributed by atoms with van der Waals surface area (Å²) in [6.07, 6.45) is 4.52. The molecular weight excluding hydrogens is 412 g/mol. The molecule has 0 spiro atoms. The summed E-state index contributed by atoms with van der Waals surface area (Å²) in [5, 5.41) is 4.00. The summed E-state index contributed by atoms with van der Waals surface area (Å²) < 4.78 is 44.2. The van der Waals surface area contributed by atoms with Crippen molar-refractivity contribution in [1.29, 1.82) is 0 Å². The molecule has 160 valence electrons. The van der Waals surface area contributed by atoms with Crippen molar-refractivity contribution in [1.82, 2.24) is 24.6 Å². The Morgan fingerprint density at radius 1 is 1.23 bits per heavy atom. The highest BCUT2D eigenvalue weighted by atomic mass is 32.2. The van der Waals surface area contributed by atoms with E-state index in [2.05, 4.69) is 36.2 Å². The van der Waals surface area contributed by atoms with Gasteiger partial charge in [0.15, 0.2) is 5.65 Å². The maximum atomic E-state index is 13.1. The van der Waals surface area contributed by atoms with Crippen molar-refractivity contribution in [2.45, 2.75) is 25.8 Å². The van der Waals surface area contributed by atoms with Crippen molar-refractivity contribution in [2.24, 2.45) is 10.3 Å². The molecule has 3 aromatic rings. The average molecular weight is 436 g/mol. The van der Waals surface area contributed by atoms with E-state index in [4.69, 9.17) is 0 Å². The van der Waals surface area contributed by atoms with Crippen molar-refractivity contribution in [3.63, 3.8) is 0 Å². The highest BCUT2D eigenvalue weighted by Crippen LogP contribution is 2.27. The lowest BCUT2D eigenvalue weighted by molar-refractivity contribution is 0.144. The Kier molecular flexibility index (Phi) is 5.39. The van der Waals surface area contributed by atoms with Crippen LogP contribution < -0.4 is 4.90 Å². The summed E-state index contributed by atoms with van der Waals surface area (Å²) >= 11 is 0. The van der Waals surface area contributed by atoms with Gasteiger partial charge in [-0.05, 0) is 24.5 Å². The lowest BCUT2D eigenvalue weighted by Crippen LogP contribution is -2.43. The van der Waals surface area contributed by atoms with Crippen molar-refractivity contribution in [3.05, 3.63) is 36.4 Å². The van der Waals surface area contributed by atoms with Gasteiger partial charge in [0.05, 0.1) is 17.9 Å². The lowest BCUT2D eigenvalue weighted by Gasteiger charge is -2.35. The number of rotatable bonds is 4. The molecule has 4 heterocycles. The molecule has 8 nitrogen and oxygen atoms in total. The summed E-state index contributed by atoms with van der Waals surface area (Å²) in [5.41, 5.74) is 1.18. The number of anilines is 1. The first kappa shape index (κ1) is 20.6. The standard InChI is InChI=1S/C19H23F2N7OS/c1-12-6-7-27(10-15(12)26-30(2,3)29)18-8-14(23-11-24-18)16-9-22-17-5-4-13(19(20)21)25-28(16)17/h4-5,8-9,11-12,15,19H,6-7,10H2,1-3H3. The molecule has 0 radical (unpaired) electrons. The van der Waals surface area contributed by atoms with E-state index in [1.54, 1.807) is 24.8 Å². The van der Waals surface area contributed by atoms with Gasteiger partial charge in [0.1, 0.15) is 23.5 Å². The number of fused-ring (bicyclic) bond motifs is 1. The van der Waals surface area contributed by atoms with E-state index in [1.807, 2.05) is 0 Å². The van der Waals surface area contributed by atoms with Crippen LogP contribution in [-0.4, -0.2) is 60.4 Å². The fraction of sp³-hybridized carbons (Fsp3) is 0.474. The van der Waals surface area contributed by atoms with Crippen LogP contribution in [0.5, 0.6) is 0 Å². The van der Waals surface area contributed by atoms with Crippen LogP contribution in [0.25, 0.3) is 17.0 Å². The number of nitrogens with zero attached hydrogens (tertiary/aromatic N) is 7. The zero-order valence-corrected chi connectivity index (χ0v) is 17.8. The quantitative estimate of drug-likeness (QED) is 0.626. The van der Waals surface area contributed by atoms with Gasteiger partial charge in [-0.1, -0.05) is 6.92 Å². The van der Waals surface area contributed by atoms with Crippen molar-refractivity contribution in [3.8, 4) is 11.4 Å². The smallest absolute Gasteiger partial charge is 0.282 e. The molecule has 1 fully saturated rings. The van der Waals surface area contributed by atoms with Crippen LogP contribution in [0, 0.1) is 5.92 Å². The molecule has 2 atom stereocenters. The van der Waals surface area contributed by atoms with Gasteiger partial charge in [-0.15, -0.1) is 0 Å². The van der Waals surface area contributed by atoms with E-state index in [0.29, 0.717) is 35.3 Å². The molecule has 4 rings (SSSR count). The van der Waals surface area contributed by atoms with Crippen LogP contribution in [0.3, 0.4) is 0 Å². The molecule has 0 aliphatic carbocycles. The Bertz CT molecular complexity index is 1180. The highest BCUT2D eigenvalue weighted by Gasteiger charge is 2.27. The Morgan fingerprint density at radius 2 is 2.03 bits per heavy atom. The molecule has 2 unspecified atom stereocenters. The van der Waals surface area contributed by atoms with Gasteiger partial charge < -0.3 is 4.90 Å². The molecule has 1 aliphatic heterocycles. The molecule has 0 aromatic carbocycles. The molecule has 3 aromatic heterocycles. The zero-order chi connectivity index (χ0) is 21.5. The van der Waals surface area contributed by atoms with Crippen molar-refractivity contribution >= 4 is 21.2 Å². The summed E-state index contributed by atoms with van der Waals surface area (Å²) in [5.74, 6) is 1.03. The number of hydrogen-bond donors (Lipinski definition) is 0. The first-order valence-electron chi connectivity index (χ1n) is 9.58. The van der Waals surface area contributed by atoms with Crippen LogP contribution in [-0.2, 0) is 9.73 Å².